The highest BCUT2D eigenvalue weighted by atomic mass is 16.5. The summed E-state index contributed by atoms with van der Waals surface area (Å²) < 4.78 is 11.0. The molecule has 1 aliphatic rings. The molecule has 28 heavy (non-hydrogen) atoms. The normalized spacial score (nSPS) is 13.5. The molecule has 1 fully saturated rings. The van der Waals surface area contributed by atoms with Gasteiger partial charge in [0.05, 0.1) is 19.4 Å². The number of nitrogens with zero attached hydrogens (tertiary/aromatic N) is 1. The number of hydrogen-bond acceptors (Lipinski definition) is 4. The lowest BCUT2D eigenvalue weighted by atomic mass is 10.2. The van der Waals surface area contributed by atoms with Gasteiger partial charge >= 0.3 is 0 Å². The number of methoxy groups -OCH3 is 1. The second-order valence-corrected chi connectivity index (χ2v) is 6.85. The van der Waals surface area contributed by atoms with Crippen LogP contribution < -0.4 is 19.7 Å². The van der Waals surface area contributed by atoms with Crippen LogP contribution in [0.5, 0.6) is 11.5 Å². The lowest BCUT2D eigenvalue weighted by Gasteiger charge is -2.20. The van der Waals surface area contributed by atoms with Crippen LogP contribution in [0.15, 0.2) is 42.5 Å². The van der Waals surface area contributed by atoms with E-state index in [4.69, 9.17) is 9.47 Å². The van der Waals surface area contributed by atoms with Crippen molar-refractivity contribution in [3.05, 3.63) is 48.0 Å². The Morgan fingerprint density at radius 2 is 2.07 bits per heavy atom. The zero-order valence-corrected chi connectivity index (χ0v) is 16.4. The van der Waals surface area contributed by atoms with Gasteiger partial charge in [-0.1, -0.05) is 12.1 Å². The van der Waals surface area contributed by atoms with Gasteiger partial charge in [-0.2, -0.15) is 0 Å². The van der Waals surface area contributed by atoms with Crippen molar-refractivity contribution in [1.29, 1.82) is 0 Å². The summed E-state index contributed by atoms with van der Waals surface area (Å²) in [7, 11) is 1.58. The smallest absolute Gasteiger partial charge is 0.227 e. The Morgan fingerprint density at radius 3 is 2.79 bits per heavy atom. The van der Waals surface area contributed by atoms with Crippen LogP contribution in [0, 0.1) is 6.92 Å². The van der Waals surface area contributed by atoms with E-state index in [1.807, 2.05) is 31.2 Å². The molecular weight excluding hydrogens is 356 g/mol. The quantitative estimate of drug-likeness (QED) is 0.703. The van der Waals surface area contributed by atoms with Crippen molar-refractivity contribution in [1.82, 2.24) is 0 Å². The van der Waals surface area contributed by atoms with Crippen LogP contribution in [0.2, 0.25) is 0 Å². The Morgan fingerprint density at radius 1 is 1.21 bits per heavy atom. The summed E-state index contributed by atoms with van der Waals surface area (Å²) >= 11 is 0. The molecule has 148 valence electrons. The van der Waals surface area contributed by atoms with E-state index in [9.17, 15) is 9.59 Å². The lowest BCUT2D eigenvalue weighted by Crippen LogP contribution is -2.24. The Bertz CT molecular complexity index is 850. The van der Waals surface area contributed by atoms with Crippen LogP contribution in [0.3, 0.4) is 0 Å². The molecule has 1 saturated heterocycles. The molecule has 0 bridgehead atoms. The van der Waals surface area contributed by atoms with Gasteiger partial charge in [0.25, 0.3) is 0 Å². The van der Waals surface area contributed by atoms with Crippen LogP contribution in [0.1, 0.15) is 31.2 Å². The largest absolute Gasteiger partial charge is 0.495 e. The second-order valence-electron chi connectivity index (χ2n) is 6.85. The van der Waals surface area contributed by atoms with E-state index in [0.717, 1.165) is 17.7 Å². The van der Waals surface area contributed by atoms with Gasteiger partial charge < -0.3 is 19.7 Å². The average molecular weight is 382 g/mol. The van der Waals surface area contributed by atoms with Crippen molar-refractivity contribution >= 4 is 23.2 Å². The first-order chi connectivity index (χ1) is 13.6. The van der Waals surface area contributed by atoms with Gasteiger partial charge in [0, 0.05) is 25.1 Å². The second kappa shape index (κ2) is 9.26. The number of nitrogens with one attached hydrogen (secondary N) is 1. The molecule has 3 rings (SSSR count). The van der Waals surface area contributed by atoms with E-state index in [1.165, 1.54) is 0 Å². The highest BCUT2D eigenvalue weighted by Crippen LogP contribution is 2.34. The van der Waals surface area contributed by atoms with E-state index < -0.39 is 0 Å². The first-order valence-electron chi connectivity index (χ1n) is 9.54. The van der Waals surface area contributed by atoms with Crippen LogP contribution >= 0.6 is 0 Å². The summed E-state index contributed by atoms with van der Waals surface area (Å²) in [6.45, 7) is 3.16. The third-order valence-corrected chi connectivity index (χ3v) is 4.63. The molecule has 1 aliphatic heterocycles. The SMILES string of the molecule is COc1ccc(NC(=O)CCCOc2cccc(C)c2)cc1N1CCCC1=O. The van der Waals surface area contributed by atoms with Gasteiger partial charge in [0.2, 0.25) is 11.8 Å². The summed E-state index contributed by atoms with van der Waals surface area (Å²) in [4.78, 5) is 26.0. The predicted molar refractivity (Wildman–Crippen MR) is 109 cm³/mol. The number of anilines is 2. The molecule has 0 unspecified atom stereocenters. The molecule has 6 heteroatoms. The molecule has 0 saturated carbocycles. The lowest BCUT2D eigenvalue weighted by molar-refractivity contribution is -0.117. The summed E-state index contributed by atoms with van der Waals surface area (Å²) in [5.41, 5.74) is 2.49. The minimum absolute atomic E-state index is 0.0788. The number of ether oxygens (including phenoxy) is 2. The zero-order valence-electron chi connectivity index (χ0n) is 16.4. The van der Waals surface area contributed by atoms with Crippen molar-refractivity contribution in [2.24, 2.45) is 0 Å². The monoisotopic (exact) mass is 382 g/mol. The third-order valence-electron chi connectivity index (χ3n) is 4.63. The third kappa shape index (κ3) is 5.03. The molecular formula is C22H26N2O4. The van der Waals surface area contributed by atoms with Crippen LogP contribution in [0.25, 0.3) is 0 Å². The molecule has 1 heterocycles. The van der Waals surface area contributed by atoms with Crippen molar-refractivity contribution < 1.29 is 19.1 Å². The van der Waals surface area contributed by atoms with E-state index >= 15 is 0 Å². The molecule has 0 spiro atoms. The average Bonchev–Trinajstić information content (AvgIpc) is 3.11. The molecule has 0 atom stereocenters. The van der Waals surface area contributed by atoms with Crippen molar-refractivity contribution in [3.63, 3.8) is 0 Å². The van der Waals surface area contributed by atoms with Crippen molar-refractivity contribution in [2.45, 2.75) is 32.6 Å². The molecule has 6 nitrogen and oxygen atoms in total. The van der Waals surface area contributed by atoms with Crippen molar-refractivity contribution in [3.8, 4) is 11.5 Å². The molecule has 1 N–H and O–H groups in total. The highest BCUT2D eigenvalue weighted by molar-refractivity contribution is 5.98. The number of rotatable bonds is 8. The Labute approximate surface area is 165 Å². The maximum Gasteiger partial charge on any atom is 0.227 e. The van der Waals surface area contributed by atoms with Gasteiger partial charge in [0.15, 0.2) is 0 Å². The zero-order chi connectivity index (χ0) is 19.9. The number of benzene rings is 2. The number of aryl methyl sites for hydroxylation is 1. The van der Waals surface area contributed by atoms with E-state index in [2.05, 4.69) is 5.32 Å². The molecule has 0 aromatic heterocycles. The Hall–Kier alpha value is -3.02. The summed E-state index contributed by atoms with van der Waals surface area (Å²) in [5, 5.41) is 2.89. The van der Waals surface area contributed by atoms with E-state index in [0.29, 0.717) is 49.5 Å². The van der Waals surface area contributed by atoms with Crippen LogP contribution in [0.4, 0.5) is 11.4 Å². The highest BCUT2D eigenvalue weighted by Gasteiger charge is 2.24. The first kappa shape index (κ1) is 19.7. The molecule has 2 aromatic carbocycles. The summed E-state index contributed by atoms with van der Waals surface area (Å²) in [6, 6.07) is 13.2. The summed E-state index contributed by atoms with van der Waals surface area (Å²) in [5.74, 6) is 1.43. The van der Waals surface area contributed by atoms with Gasteiger partial charge in [-0.3, -0.25) is 9.59 Å². The number of hydrogen-bond donors (Lipinski definition) is 1. The Kier molecular flexibility index (Phi) is 6.53. The maximum atomic E-state index is 12.3. The maximum absolute atomic E-state index is 12.3. The standard InChI is InChI=1S/C22H26N2O4/c1-16-6-3-7-18(14-16)28-13-5-8-21(25)23-17-10-11-20(27-2)19(15-17)24-12-4-9-22(24)26/h3,6-7,10-11,14-15H,4-5,8-9,12-13H2,1-2H3,(H,23,25). The van der Waals surface area contributed by atoms with Gasteiger partial charge in [-0.05, 0) is 55.7 Å². The fourth-order valence-electron chi connectivity index (χ4n) is 3.23. The predicted octanol–water partition coefficient (Wildman–Crippen LogP) is 3.93. The Balaban J connectivity index is 1.53. The van der Waals surface area contributed by atoms with Crippen molar-refractivity contribution in [2.75, 3.05) is 30.5 Å². The fraction of sp³-hybridized carbons (Fsp3) is 0.364. The van der Waals surface area contributed by atoms with E-state index in [-0.39, 0.29) is 11.8 Å². The summed E-state index contributed by atoms with van der Waals surface area (Å²) in [6.07, 6.45) is 2.35. The number of carbonyl (C=O) groups is 2. The molecule has 0 aliphatic carbocycles. The molecule has 2 amide bonds. The first-order valence-corrected chi connectivity index (χ1v) is 9.54. The topological polar surface area (TPSA) is 67.9 Å². The van der Waals surface area contributed by atoms with Gasteiger partial charge in [0.1, 0.15) is 11.5 Å². The fourth-order valence-corrected chi connectivity index (χ4v) is 3.23. The van der Waals surface area contributed by atoms with Gasteiger partial charge in [-0.15, -0.1) is 0 Å². The van der Waals surface area contributed by atoms with E-state index in [1.54, 1.807) is 30.2 Å². The molecule has 2 aromatic rings. The molecule has 0 radical (unpaired) electrons. The number of carbonyl (C=O) groups excluding carboxylic acids is 2. The minimum Gasteiger partial charge on any atom is -0.495 e. The number of amides is 2. The van der Waals surface area contributed by atoms with Crippen LogP contribution in [-0.2, 0) is 9.59 Å². The minimum atomic E-state index is -0.0864. The van der Waals surface area contributed by atoms with Gasteiger partial charge in [-0.25, -0.2) is 0 Å². The van der Waals surface area contributed by atoms with Crippen LogP contribution in [-0.4, -0.2) is 32.1 Å².